The topological polar surface area (TPSA) is 101 Å². The first-order valence-electron chi connectivity index (χ1n) is 10.4. The molecule has 2 aromatic heterocycles. The number of H-pyrrole nitrogens is 1. The third kappa shape index (κ3) is 4.80. The predicted octanol–water partition coefficient (Wildman–Crippen LogP) is 3.67. The number of hydrogen-bond donors (Lipinski definition) is 3. The summed E-state index contributed by atoms with van der Waals surface area (Å²) in [5, 5.41) is 5.61. The molecular formula is C24H27N5O3. The summed E-state index contributed by atoms with van der Waals surface area (Å²) in [6.07, 6.45) is 3.81. The Kier molecular flexibility index (Phi) is 6.94. The van der Waals surface area contributed by atoms with Crippen LogP contribution in [0.2, 0.25) is 0 Å². The molecule has 0 atom stereocenters. The molecule has 0 aliphatic carbocycles. The van der Waals surface area contributed by atoms with E-state index in [1.54, 1.807) is 7.05 Å². The third-order valence-corrected chi connectivity index (χ3v) is 4.94. The summed E-state index contributed by atoms with van der Waals surface area (Å²) in [7, 11) is 1.58. The molecule has 2 amide bonds. The van der Waals surface area contributed by atoms with Gasteiger partial charge >= 0.3 is 17.1 Å². The highest BCUT2D eigenvalue weighted by molar-refractivity contribution is 5.89. The van der Waals surface area contributed by atoms with Crippen molar-refractivity contribution in [3.05, 3.63) is 92.8 Å². The summed E-state index contributed by atoms with van der Waals surface area (Å²) >= 11 is 0. The molecule has 8 nitrogen and oxygen atoms in total. The molecule has 4 aromatic rings. The molecule has 0 saturated heterocycles. The smallest absolute Gasteiger partial charge is 0.319 e. The number of aryl methyl sites for hydroxylation is 2. The Morgan fingerprint density at radius 3 is 2.50 bits per heavy atom. The molecule has 0 aliphatic rings. The highest BCUT2D eigenvalue weighted by Crippen LogP contribution is 2.21. The van der Waals surface area contributed by atoms with Crippen molar-refractivity contribution in [2.75, 3.05) is 5.32 Å². The van der Waals surface area contributed by atoms with Crippen LogP contribution in [0.15, 0.2) is 70.5 Å². The highest BCUT2D eigenvalue weighted by atomic mass is 16.2. The molecule has 0 unspecified atom stereocenters. The lowest BCUT2D eigenvalue weighted by atomic mass is 10.1. The molecule has 2 heterocycles. The van der Waals surface area contributed by atoms with Gasteiger partial charge < -0.3 is 24.8 Å². The Morgan fingerprint density at radius 1 is 1.06 bits per heavy atom. The van der Waals surface area contributed by atoms with E-state index in [0.29, 0.717) is 17.6 Å². The number of nitrogens with zero attached hydrogens (tertiary/aromatic N) is 2. The highest BCUT2D eigenvalue weighted by Gasteiger charge is 2.10. The van der Waals surface area contributed by atoms with Gasteiger partial charge in [-0.15, -0.1) is 0 Å². The Bertz CT molecular complexity index is 1350. The van der Waals surface area contributed by atoms with E-state index in [9.17, 15) is 14.4 Å². The number of aromatic nitrogens is 3. The predicted molar refractivity (Wildman–Crippen MR) is 128 cm³/mol. The number of rotatable bonds is 4. The van der Waals surface area contributed by atoms with Crippen LogP contribution in [-0.4, -0.2) is 20.1 Å². The molecule has 0 spiro atoms. The first-order chi connectivity index (χ1) is 15.4. The lowest BCUT2D eigenvalue weighted by Gasteiger charge is -2.11. The number of hydrogen-bond acceptors (Lipinski definition) is 3. The van der Waals surface area contributed by atoms with Gasteiger partial charge in [-0.3, -0.25) is 9.59 Å². The van der Waals surface area contributed by atoms with Crippen molar-refractivity contribution in [3.63, 3.8) is 0 Å². The minimum atomic E-state index is -0.639. The number of nitrogens with one attached hydrogen (secondary N) is 3. The van der Waals surface area contributed by atoms with Crippen LogP contribution in [0.25, 0.3) is 16.7 Å². The second-order valence-corrected chi connectivity index (χ2v) is 7.07. The minimum absolute atomic E-state index is 0.283. The van der Waals surface area contributed by atoms with Gasteiger partial charge in [0.05, 0.1) is 16.7 Å². The minimum Gasteiger partial charge on any atom is -0.334 e. The number of para-hydroxylation sites is 1. The number of amides is 2. The van der Waals surface area contributed by atoms with Crippen molar-refractivity contribution in [1.82, 2.24) is 19.4 Å². The van der Waals surface area contributed by atoms with E-state index in [1.165, 1.54) is 4.57 Å². The van der Waals surface area contributed by atoms with Gasteiger partial charge in [-0.1, -0.05) is 32.0 Å². The van der Waals surface area contributed by atoms with Gasteiger partial charge in [0.15, 0.2) is 0 Å². The zero-order chi connectivity index (χ0) is 23.3. The van der Waals surface area contributed by atoms with E-state index in [1.807, 2.05) is 86.3 Å². The van der Waals surface area contributed by atoms with Crippen LogP contribution >= 0.6 is 0 Å². The summed E-state index contributed by atoms with van der Waals surface area (Å²) in [6, 6.07) is 14.6. The van der Waals surface area contributed by atoms with E-state index in [0.717, 1.165) is 22.5 Å². The maximum absolute atomic E-state index is 12.1. The van der Waals surface area contributed by atoms with E-state index in [-0.39, 0.29) is 6.03 Å². The van der Waals surface area contributed by atoms with E-state index < -0.39 is 11.1 Å². The van der Waals surface area contributed by atoms with Crippen LogP contribution in [0.3, 0.4) is 0 Å². The molecule has 0 saturated carbocycles. The Labute approximate surface area is 185 Å². The van der Waals surface area contributed by atoms with Crippen molar-refractivity contribution in [2.45, 2.75) is 27.3 Å². The van der Waals surface area contributed by atoms with Gasteiger partial charge in [0.2, 0.25) is 0 Å². The standard InChI is InChI=1S/C22H21N5O3.C2H6/c1-14-10-17-19(26(2)21(29)20(28)25-17)11-18(14)27-9-8-15(13-27)12-23-22(30)24-16-6-4-3-5-7-16;1-2/h3-11,13H,12H2,1-2H3,(H,25,28)(H2,23,24,30);1-2H3. The lowest BCUT2D eigenvalue weighted by molar-refractivity contribution is 0.251. The summed E-state index contributed by atoms with van der Waals surface area (Å²) < 4.78 is 3.27. The average molecular weight is 434 g/mol. The summed E-state index contributed by atoms with van der Waals surface area (Å²) in [5.74, 6) is 0. The maximum atomic E-state index is 12.1. The van der Waals surface area contributed by atoms with Crippen molar-refractivity contribution < 1.29 is 4.79 Å². The van der Waals surface area contributed by atoms with Crippen molar-refractivity contribution in [3.8, 4) is 5.69 Å². The second-order valence-electron chi connectivity index (χ2n) is 7.07. The second kappa shape index (κ2) is 9.82. The summed E-state index contributed by atoms with van der Waals surface area (Å²) in [6.45, 7) is 6.30. The van der Waals surface area contributed by atoms with Crippen LogP contribution in [0.1, 0.15) is 25.0 Å². The summed E-state index contributed by atoms with van der Waals surface area (Å²) in [5.41, 5.74) is 3.47. The van der Waals surface area contributed by atoms with Gasteiger partial charge in [-0.25, -0.2) is 4.79 Å². The molecule has 0 bridgehead atoms. The quantitative estimate of drug-likeness (QED) is 0.428. The van der Waals surface area contributed by atoms with Crippen LogP contribution in [0, 0.1) is 6.92 Å². The molecule has 166 valence electrons. The zero-order valence-corrected chi connectivity index (χ0v) is 18.6. The van der Waals surface area contributed by atoms with Crippen LogP contribution in [-0.2, 0) is 13.6 Å². The fourth-order valence-electron chi connectivity index (χ4n) is 3.35. The van der Waals surface area contributed by atoms with E-state index >= 15 is 0 Å². The maximum Gasteiger partial charge on any atom is 0.319 e. The fourth-order valence-corrected chi connectivity index (χ4v) is 3.35. The first kappa shape index (κ1) is 22.6. The molecule has 8 heteroatoms. The Morgan fingerprint density at radius 2 is 1.78 bits per heavy atom. The van der Waals surface area contributed by atoms with Gasteiger partial charge in [0.1, 0.15) is 0 Å². The van der Waals surface area contributed by atoms with Crippen molar-refractivity contribution in [1.29, 1.82) is 0 Å². The third-order valence-electron chi connectivity index (χ3n) is 4.94. The first-order valence-corrected chi connectivity index (χ1v) is 10.4. The normalized spacial score (nSPS) is 10.4. The Balaban J connectivity index is 0.00000141. The number of anilines is 1. The van der Waals surface area contributed by atoms with Gasteiger partial charge in [0.25, 0.3) is 0 Å². The van der Waals surface area contributed by atoms with Crippen molar-refractivity contribution in [2.24, 2.45) is 7.05 Å². The number of urea groups is 1. The van der Waals surface area contributed by atoms with Gasteiger partial charge in [-0.05, 0) is 48.4 Å². The number of fused-ring (bicyclic) bond motifs is 1. The molecule has 0 aliphatic heterocycles. The van der Waals surface area contributed by atoms with E-state index in [2.05, 4.69) is 15.6 Å². The van der Waals surface area contributed by atoms with Crippen LogP contribution < -0.4 is 21.8 Å². The molecule has 0 radical (unpaired) electrons. The molecule has 4 rings (SSSR count). The van der Waals surface area contributed by atoms with Gasteiger partial charge in [0, 0.05) is 31.7 Å². The van der Waals surface area contributed by atoms with Crippen molar-refractivity contribution >= 4 is 22.8 Å². The van der Waals surface area contributed by atoms with Gasteiger partial charge in [-0.2, -0.15) is 0 Å². The number of benzene rings is 2. The van der Waals surface area contributed by atoms with Crippen LogP contribution in [0.4, 0.5) is 10.5 Å². The lowest BCUT2D eigenvalue weighted by Crippen LogP contribution is -2.34. The molecule has 2 aromatic carbocycles. The molecule has 0 fully saturated rings. The zero-order valence-electron chi connectivity index (χ0n) is 18.6. The number of aromatic amines is 1. The molecule has 32 heavy (non-hydrogen) atoms. The fraction of sp³-hybridized carbons (Fsp3) is 0.208. The largest absolute Gasteiger partial charge is 0.334 e. The Hall–Kier alpha value is -4.07. The average Bonchev–Trinajstić information content (AvgIpc) is 3.27. The number of carbonyl (C=O) groups is 1. The molecule has 3 N–H and O–H groups in total. The molecular weight excluding hydrogens is 406 g/mol. The van der Waals surface area contributed by atoms with Crippen LogP contribution in [0.5, 0.6) is 0 Å². The monoisotopic (exact) mass is 433 g/mol. The summed E-state index contributed by atoms with van der Waals surface area (Å²) in [4.78, 5) is 38.4. The van der Waals surface area contributed by atoms with E-state index in [4.69, 9.17) is 0 Å². The SMILES string of the molecule is CC.Cc1cc2[nH]c(=O)c(=O)n(C)c2cc1-n1ccc(CNC(=O)Nc2ccccc2)c1. The number of carbonyl (C=O) groups excluding carboxylic acids is 1.